The maximum atomic E-state index is 12.7. The van der Waals surface area contributed by atoms with Crippen LogP contribution in [0.15, 0.2) is 54.6 Å². The molecule has 0 bridgehead atoms. The lowest BCUT2D eigenvalue weighted by molar-refractivity contribution is -0.126. The van der Waals surface area contributed by atoms with Crippen LogP contribution in [0.25, 0.3) is 0 Å². The molecule has 0 radical (unpaired) electrons. The number of nitrogens with zero attached hydrogens (tertiary/aromatic N) is 1. The molecule has 1 saturated heterocycles. The highest BCUT2D eigenvalue weighted by Gasteiger charge is 2.31. The molecule has 7 heteroatoms. The lowest BCUT2D eigenvalue weighted by Gasteiger charge is -2.31. The molecule has 1 aliphatic rings. The predicted octanol–water partition coefficient (Wildman–Crippen LogP) is 3.55. The van der Waals surface area contributed by atoms with Crippen molar-refractivity contribution < 1.29 is 17.9 Å². The quantitative estimate of drug-likeness (QED) is 0.642. The highest BCUT2D eigenvalue weighted by molar-refractivity contribution is 7.89. The fraction of sp³-hybridized carbons (Fsp3) is 0.458. The third-order valence-corrected chi connectivity index (χ3v) is 7.85. The summed E-state index contributed by atoms with van der Waals surface area (Å²) in [4.78, 5) is 12.7. The molecule has 0 aromatic heterocycles. The van der Waals surface area contributed by atoms with Crippen LogP contribution in [0.4, 0.5) is 0 Å². The summed E-state index contributed by atoms with van der Waals surface area (Å²) in [6.45, 7) is 2.73. The Balaban J connectivity index is 1.47. The molecule has 2 aromatic rings. The van der Waals surface area contributed by atoms with E-state index in [1.807, 2.05) is 61.5 Å². The number of carbonyl (C=O) groups excluding carboxylic acids is 1. The number of para-hydroxylation sites is 1. The van der Waals surface area contributed by atoms with Crippen molar-refractivity contribution in [3.63, 3.8) is 0 Å². The van der Waals surface area contributed by atoms with Gasteiger partial charge >= 0.3 is 0 Å². The van der Waals surface area contributed by atoms with Gasteiger partial charge in [-0.1, -0.05) is 48.5 Å². The summed E-state index contributed by atoms with van der Waals surface area (Å²) in [7, 11) is -1.68. The van der Waals surface area contributed by atoms with Crippen molar-refractivity contribution in [1.29, 1.82) is 0 Å². The minimum Gasteiger partial charge on any atom is -0.496 e. The minimum atomic E-state index is -3.29. The minimum absolute atomic E-state index is 0.0282. The standard InChI is InChI=1S/C24H32N2O4S/c1-19(22-12-6-7-13-23(22)30-2)25-24(27)21-14-16-26(17-15-21)31(28,29)18-8-11-20-9-4-3-5-10-20/h3-7,9-10,12-13,19,21H,8,11,14-18H2,1-2H3,(H,25,27)/t19-/m1/s1. The highest BCUT2D eigenvalue weighted by Crippen LogP contribution is 2.26. The van der Waals surface area contributed by atoms with Crippen LogP contribution in [0.2, 0.25) is 0 Å². The van der Waals surface area contributed by atoms with Crippen LogP contribution in [-0.4, -0.2) is 44.6 Å². The third-order valence-electron chi connectivity index (χ3n) is 5.89. The van der Waals surface area contributed by atoms with Crippen LogP contribution in [0.5, 0.6) is 5.75 Å². The summed E-state index contributed by atoms with van der Waals surface area (Å²) < 4.78 is 32.3. The van der Waals surface area contributed by atoms with Crippen molar-refractivity contribution in [2.24, 2.45) is 5.92 Å². The van der Waals surface area contributed by atoms with Gasteiger partial charge in [0, 0.05) is 24.6 Å². The Morgan fingerprint density at radius 3 is 2.42 bits per heavy atom. The summed E-state index contributed by atoms with van der Waals surface area (Å²) in [6.07, 6.45) is 2.44. The molecule has 0 saturated carbocycles. The molecule has 168 valence electrons. The largest absolute Gasteiger partial charge is 0.496 e. The second-order valence-corrected chi connectivity index (χ2v) is 10.1. The maximum absolute atomic E-state index is 12.7. The number of amides is 1. The van der Waals surface area contributed by atoms with Crippen LogP contribution in [0.1, 0.15) is 43.4 Å². The van der Waals surface area contributed by atoms with Gasteiger partial charge in [0.25, 0.3) is 0 Å². The van der Waals surface area contributed by atoms with Gasteiger partial charge in [-0.3, -0.25) is 4.79 Å². The summed E-state index contributed by atoms with van der Waals surface area (Å²) in [5.41, 5.74) is 2.08. The van der Waals surface area contributed by atoms with Gasteiger partial charge in [-0.2, -0.15) is 0 Å². The Hall–Kier alpha value is -2.38. The monoisotopic (exact) mass is 444 g/mol. The highest BCUT2D eigenvalue weighted by atomic mass is 32.2. The molecule has 1 N–H and O–H groups in total. The number of carbonyl (C=O) groups is 1. The van der Waals surface area contributed by atoms with Crippen molar-refractivity contribution in [3.05, 3.63) is 65.7 Å². The average molecular weight is 445 g/mol. The fourth-order valence-corrected chi connectivity index (χ4v) is 5.60. The van der Waals surface area contributed by atoms with Gasteiger partial charge in [0.1, 0.15) is 5.75 Å². The van der Waals surface area contributed by atoms with E-state index < -0.39 is 10.0 Å². The molecular formula is C24H32N2O4S. The Morgan fingerprint density at radius 1 is 1.10 bits per heavy atom. The molecule has 0 aliphatic carbocycles. The van der Waals surface area contributed by atoms with Gasteiger partial charge < -0.3 is 10.1 Å². The van der Waals surface area contributed by atoms with E-state index >= 15 is 0 Å². The van der Waals surface area contributed by atoms with E-state index in [9.17, 15) is 13.2 Å². The van der Waals surface area contributed by atoms with Gasteiger partial charge in [0.15, 0.2) is 0 Å². The zero-order valence-electron chi connectivity index (χ0n) is 18.3. The van der Waals surface area contributed by atoms with E-state index in [1.165, 1.54) is 0 Å². The van der Waals surface area contributed by atoms with Crippen molar-refractivity contribution in [2.75, 3.05) is 26.0 Å². The number of rotatable bonds is 9. The first-order chi connectivity index (χ1) is 14.9. The molecule has 1 heterocycles. The van der Waals surface area contributed by atoms with Crippen molar-refractivity contribution in [1.82, 2.24) is 9.62 Å². The maximum Gasteiger partial charge on any atom is 0.223 e. The van der Waals surface area contributed by atoms with Crippen LogP contribution in [-0.2, 0) is 21.2 Å². The normalized spacial score (nSPS) is 16.6. The Morgan fingerprint density at radius 2 is 1.74 bits per heavy atom. The number of benzene rings is 2. The number of sulfonamides is 1. The molecule has 0 spiro atoms. The lowest BCUT2D eigenvalue weighted by Crippen LogP contribution is -2.44. The fourth-order valence-electron chi connectivity index (χ4n) is 4.06. The van der Waals surface area contributed by atoms with E-state index in [1.54, 1.807) is 11.4 Å². The molecule has 0 unspecified atom stereocenters. The number of aryl methyl sites for hydroxylation is 1. The first-order valence-electron chi connectivity index (χ1n) is 10.9. The van der Waals surface area contributed by atoms with E-state index in [4.69, 9.17) is 4.74 Å². The second-order valence-electron chi connectivity index (χ2n) is 8.05. The average Bonchev–Trinajstić information content (AvgIpc) is 2.79. The van der Waals surface area contributed by atoms with Gasteiger partial charge in [-0.25, -0.2) is 12.7 Å². The van der Waals surface area contributed by atoms with Crippen LogP contribution in [0.3, 0.4) is 0 Å². The summed E-state index contributed by atoms with van der Waals surface area (Å²) in [6, 6.07) is 17.4. The van der Waals surface area contributed by atoms with Crippen LogP contribution in [0, 0.1) is 5.92 Å². The van der Waals surface area contributed by atoms with Crippen LogP contribution >= 0.6 is 0 Å². The van der Waals surface area contributed by atoms with E-state index in [0.29, 0.717) is 32.4 Å². The zero-order valence-corrected chi connectivity index (χ0v) is 19.1. The molecule has 1 amide bonds. The van der Waals surface area contributed by atoms with Gasteiger partial charge in [-0.05, 0) is 44.2 Å². The SMILES string of the molecule is COc1ccccc1[C@@H](C)NC(=O)C1CCN(S(=O)(=O)CCCc2ccccc2)CC1. The molecule has 1 aliphatic heterocycles. The number of nitrogens with one attached hydrogen (secondary N) is 1. The molecule has 31 heavy (non-hydrogen) atoms. The second kappa shape index (κ2) is 10.8. The molecule has 1 atom stereocenters. The molecule has 1 fully saturated rings. The number of methoxy groups -OCH3 is 1. The first-order valence-corrected chi connectivity index (χ1v) is 12.5. The van der Waals surface area contributed by atoms with Crippen LogP contribution < -0.4 is 10.1 Å². The smallest absolute Gasteiger partial charge is 0.223 e. The lowest BCUT2D eigenvalue weighted by atomic mass is 9.96. The van der Waals surface area contributed by atoms with Gasteiger partial charge in [0.2, 0.25) is 15.9 Å². The predicted molar refractivity (Wildman–Crippen MR) is 122 cm³/mol. The van der Waals surface area contributed by atoms with Gasteiger partial charge in [-0.15, -0.1) is 0 Å². The van der Waals surface area contributed by atoms with E-state index in [-0.39, 0.29) is 23.6 Å². The summed E-state index contributed by atoms with van der Waals surface area (Å²) in [5, 5.41) is 3.06. The zero-order chi connectivity index (χ0) is 22.3. The van der Waals surface area contributed by atoms with E-state index in [0.717, 1.165) is 23.3 Å². The number of hydrogen-bond donors (Lipinski definition) is 1. The Kier molecular flexibility index (Phi) is 8.09. The topological polar surface area (TPSA) is 75.7 Å². The van der Waals surface area contributed by atoms with Crippen molar-refractivity contribution >= 4 is 15.9 Å². The van der Waals surface area contributed by atoms with Crippen molar-refractivity contribution in [2.45, 2.75) is 38.6 Å². The summed E-state index contributed by atoms with van der Waals surface area (Å²) >= 11 is 0. The summed E-state index contributed by atoms with van der Waals surface area (Å²) in [5.74, 6) is 0.683. The Labute approximate surface area is 185 Å². The third kappa shape index (κ3) is 6.31. The van der Waals surface area contributed by atoms with Crippen molar-refractivity contribution in [3.8, 4) is 5.75 Å². The number of piperidine rings is 1. The molecule has 6 nitrogen and oxygen atoms in total. The first kappa shape index (κ1) is 23.3. The number of ether oxygens (including phenoxy) is 1. The number of hydrogen-bond acceptors (Lipinski definition) is 4. The molecule has 3 rings (SSSR count). The Bertz CT molecular complexity index is 955. The van der Waals surface area contributed by atoms with E-state index in [2.05, 4.69) is 5.32 Å². The molecular weight excluding hydrogens is 412 g/mol. The van der Waals surface area contributed by atoms with Gasteiger partial charge in [0.05, 0.1) is 18.9 Å². The molecule has 2 aromatic carbocycles.